The molecule has 0 saturated heterocycles. The number of carbonyl (C=O) groups excluding carboxylic acids is 2. The molecular formula is C17H18N2O5. The molecule has 0 spiro atoms. The average Bonchev–Trinajstić information content (AvgIpc) is 2.57. The predicted molar refractivity (Wildman–Crippen MR) is 87.7 cm³/mol. The fourth-order valence-corrected chi connectivity index (χ4v) is 2.07. The van der Waals surface area contributed by atoms with Crippen molar-refractivity contribution in [1.29, 1.82) is 0 Å². The van der Waals surface area contributed by atoms with E-state index in [0.717, 1.165) is 10.8 Å². The van der Waals surface area contributed by atoms with Crippen molar-refractivity contribution in [3.8, 4) is 5.75 Å². The maximum absolute atomic E-state index is 11.8. The number of nitrogens with one attached hydrogen (secondary N) is 2. The molecule has 7 heteroatoms. The van der Waals surface area contributed by atoms with Crippen LogP contribution in [0.15, 0.2) is 42.5 Å². The first kappa shape index (κ1) is 17.3. The third-order valence-corrected chi connectivity index (χ3v) is 3.28. The van der Waals surface area contributed by atoms with Crippen LogP contribution in [0.25, 0.3) is 10.8 Å². The van der Waals surface area contributed by atoms with Crippen molar-refractivity contribution < 1.29 is 24.2 Å². The van der Waals surface area contributed by atoms with Gasteiger partial charge in [-0.25, -0.2) is 0 Å². The molecule has 0 aliphatic heterocycles. The molecular weight excluding hydrogens is 312 g/mol. The summed E-state index contributed by atoms with van der Waals surface area (Å²) in [4.78, 5) is 33.8. The summed E-state index contributed by atoms with van der Waals surface area (Å²) < 4.78 is 5.42. The van der Waals surface area contributed by atoms with Crippen molar-refractivity contribution in [3.63, 3.8) is 0 Å². The van der Waals surface area contributed by atoms with Crippen LogP contribution in [0.1, 0.15) is 6.92 Å². The maximum Gasteiger partial charge on any atom is 0.322 e. The fraction of sp³-hybridized carbons (Fsp3) is 0.235. The molecule has 0 bridgehead atoms. The third-order valence-electron chi connectivity index (χ3n) is 3.28. The molecule has 0 aromatic heterocycles. The van der Waals surface area contributed by atoms with E-state index in [0.29, 0.717) is 5.75 Å². The number of amides is 2. The van der Waals surface area contributed by atoms with Crippen molar-refractivity contribution in [3.05, 3.63) is 42.5 Å². The highest BCUT2D eigenvalue weighted by Gasteiger charge is 2.16. The number of carbonyl (C=O) groups is 3. The van der Waals surface area contributed by atoms with E-state index in [4.69, 9.17) is 9.84 Å². The van der Waals surface area contributed by atoms with Crippen LogP contribution in [0.5, 0.6) is 5.75 Å². The lowest BCUT2D eigenvalue weighted by Gasteiger charge is -2.14. The van der Waals surface area contributed by atoms with E-state index < -0.39 is 30.4 Å². The van der Waals surface area contributed by atoms with E-state index in [1.165, 1.54) is 6.92 Å². The number of carboxylic acid groups (broad SMARTS) is 1. The number of ether oxygens (including phenoxy) is 1. The van der Waals surface area contributed by atoms with Crippen LogP contribution < -0.4 is 15.4 Å². The lowest BCUT2D eigenvalue weighted by molar-refractivity contribution is -0.138. The highest BCUT2D eigenvalue weighted by molar-refractivity contribution is 5.89. The maximum atomic E-state index is 11.8. The lowest BCUT2D eigenvalue weighted by Crippen LogP contribution is -2.47. The van der Waals surface area contributed by atoms with Gasteiger partial charge in [0.1, 0.15) is 18.3 Å². The van der Waals surface area contributed by atoms with Gasteiger partial charge in [-0.1, -0.05) is 30.3 Å². The van der Waals surface area contributed by atoms with Gasteiger partial charge in [0.15, 0.2) is 6.61 Å². The van der Waals surface area contributed by atoms with Crippen LogP contribution in [0.2, 0.25) is 0 Å². The van der Waals surface area contributed by atoms with Gasteiger partial charge in [-0.05, 0) is 29.8 Å². The highest BCUT2D eigenvalue weighted by Crippen LogP contribution is 2.20. The Morgan fingerprint density at radius 2 is 1.83 bits per heavy atom. The summed E-state index contributed by atoms with van der Waals surface area (Å²) in [6.07, 6.45) is 0. The molecule has 0 unspecified atom stereocenters. The molecule has 2 aromatic rings. The highest BCUT2D eigenvalue weighted by atomic mass is 16.5. The van der Waals surface area contributed by atoms with Crippen molar-refractivity contribution in [2.75, 3.05) is 13.2 Å². The summed E-state index contributed by atoms with van der Waals surface area (Å²) in [5.74, 6) is -1.65. The first-order chi connectivity index (χ1) is 11.5. The van der Waals surface area contributed by atoms with Crippen molar-refractivity contribution in [2.24, 2.45) is 0 Å². The van der Waals surface area contributed by atoms with Gasteiger partial charge in [-0.3, -0.25) is 14.4 Å². The van der Waals surface area contributed by atoms with Crippen LogP contribution in [-0.2, 0) is 14.4 Å². The Kier molecular flexibility index (Phi) is 5.73. The van der Waals surface area contributed by atoms with Gasteiger partial charge in [0.05, 0.1) is 0 Å². The van der Waals surface area contributed by atoms with Crippen LogP contribution >= 0.6 is 0 Å². The van der Waals surface area contributed by atoms with Crippen LogP contribution in [0.4, 0.5) is 0 Å². The molecule has 0 radical (unpaired) electrons. The average molecular weight is 330 g/mol. The van der Waals surface area contributed by atoms with Crippen molar-refractivity contribution >= 4 is 28.6 Å². The van der Waals surface area contributed by atoms with Crippen LogP contribution in [0.3, 0.4) is 0 Å². The molecule has 3 N–H and O–H groups in total. The second-order valence-corrected chi connectivity index (χ2v) is 5.20. The van der Waals surface area contributed by atoms with Gasteiger partial charge in [-0.2, -0.15) is 0 Å². The Labute approximate surface area is 138 Å². The summed E-state index contributed by atoms with van der Waals surface area (Å²) in [6.45, 7) is 0.729. The van der Waals surface area contributed by atoms with E-state index in [1.54, 1.807) is 6.07 Å². The first-order valence-corrected chi connectivity index (χ1v) is 7.36. The summed E-state index contributed by atoms with van der Waals surface area (Å²) in [7, 11) is 0. The number of hydrogen-bond acceptors (Lipinski definition) is 4. The molecule has 2 amide bonds. The van der Waals surface area contributed by atoms with E-state index in [-0.39, 0.29) is 6.61 Å². The van der Waals surface area contributed by atoms with Gasteiger partial charge < -0.3 is 20.5 Å². The quantitative estimate of drug-likeness (QED) is 0.700. The Morgan fingerprint density at radius 1 is 1.12 bits per heavy atom. The molecule has 1 atom stereocenters. The van der Waals surface area contributed by atoms with E-state index in [2.05, 4.69) is 10.6 Å². The largest absolute Gasteiger partial charge is 0.484 e. The summed E-state index contributed by atoms with van der Waals surface area (Å²) in [5, 5.41) is 15.2. The number of benzene rings is 2. The van der Waals surface area contributed by atoms with Crippen LogP contribution in [0, 0.1) is 0 Å². The van der Waals surface area contributed by atoms with Gasteiger partial charge in [0.2, 0.25) is 5.91 Å². The van der Waals surface area contributed by atoms with Crippen molar-refractivity contribution in [2.45, 2.75) is 13.0 Å². The van der Waals surface area contributed by atoms with Gasteiger partial charge >= 0.3 is 5.97 Å². The van der Waals surface area contributed by atoms with Crippen LogP contribution in [-0.4, -0.2) is 42.1 Å². The smallest absolute Gasteiger partial charge is 0.322 e. The van der Waals surface area contributed by atoms with Gasteiger partial charge in [0, 0.05) is 0 Å². The van der Waals surface area contributed by atoms with Gasteiger partial charge in [0.25, 0.3) is 5.91 Å². The molecule has 0 heterocycles. The predicted octanol–water partition coefficient (Wildman–Crippen LogP) is 0.924. The zero-order valence-corrected chi connectivity index (χ0v) is 13.1. The normalized spacial score (nSPS) is 11.5. The summed E-state index contributed by atoms with van der Waals surface area (Å²) in [5.41, 5.74) is 0. The van der Waals surface area contributed by atoms with Gasteiger partial charge in [-0.15, -0.1) is 0 Å². The molecule has 0 saturated carbocycles. The summed E-state index contributed by atoms with van der Waals surface area (Å²) >= 11 is 0. The standard InChI is InChI=1S/C17H18N2O5/c1-11(17(23)18-9-16(21)22)19-15(20)10-24-14-7-6-12-4-2-3-5-13(12)8-14/h2-8,11H,9-10H2,1H3,(H,18,23)(H,19,20)(H,21,22)/t11-/m0/s1. The number of hydrogen-bond donors (Lipinski definition) is 3. The zero-order chi connectivity index (χ0) is 17.5. The Morgan fingerprint density at radius 3 is 2.54 bits per heavy atom. The topological polar surface area (TPSA) is 105 Å². The zero-order valence-electron chi connectivity index (χ0n) is 13.1. The fourth-order valence-electron chi connectivity index (χ4n) is 2.07. The second kappa shape index (κ2) is 7.96. The molecule has 7 nitrogen and oxygen atoms in total. The molecule has 0 fully saturated rings. The molecule has 24 heavy (non-hydrogen) atoms. The van der Waals surface area contributed by atoms with E-state index in [1.807, 2.05) is 36.4 Å². The van der Waals surface area contributed by atoms with E-state index in [9.17, 15) is 14.4 Å². The molecule has 2 aromatic carbocycles. The number of rotatable bonds is 7. The van der Waals surface area contributed by atoms with E-state index >= 15 is 0 Å². The monoisotopic (exact) mass is 330 g/mol. The Bertz CT molecular complexity index is 759. The summed E-state index contributed by atoms with van der Waals surface area (Å²) in [6, 6.07) is 12.4. The molecule has 126 valence electrons. The minimum Gasteiger partial charge on any atom is -0.484 e. The minimum atomic E-state index is -1.15. The number of carboxylic acids is 1. The molecule has 2 rings (SSSR count). The van der Waals surface area contributed by atoms with Crippen molar-refractivity contribution in [1.82, 2.24) is 10.6 Å². The minimum absolute atomic E-state index is 0.241. The SMILES string of the molecule is C[C@H](NC(=O)COc1ccc2ccccc2c1)C(=O)NCC(=O)O. The second-order valence-electron chi connectivity index (χ2n) is 5.20. The third kappa shape index (κ3) is 4.98. The Balaban J connectivity index is 1.83. The first-order valence-electron chi connectivity index (χ1n) is 7.36. The lowest BCUT2D eigenvalue weighted by atomic mass is 10.1. The Hall–Kier alpha value is -3.09. The molecule has 0 aliphatic carbocycles. The molecule has 0 aliphatic rings. The number of fused-ring (bicyclic) bond motifs is 1. The number of aliphatic carboxylic acids is 1.